The van der Waals surface area contributed by atoms with E-state index in [1.807, 2.05) is 17.1 Å². The Morgan fingerprint density at radius 2 is 1.74 bits per heavy atom. The number of hydrogen-bond donors (Lipinski definition) is 1. The molecule has 2 aromatic carbocycles. The van der Waals surface area contributed by atoms with Crippen LogP contribution in [-0.2, 0) is 0 Å². The summed E-state index contributed by atoms with van der Waals surface area (Å²) in [6.07, 6.45) is 1.72. The molecule has 1 saturated heterocycles. The third-order valence-electron chi connectivity index (χ3n) is 4.00. The van der Waals surface area contributed by atoms with Crippen LogP contribution in [0, 0.1) is 6.92 Å². The zero-order valence-electron chi connectivity index (χ0n) is 13.1. The molecule has 120 valence electrons. The van der Waals surface area contributed by atoms with Gasteiger partial charge in [0.15, 0.2) is 0 Å². The molecule has 1 heterocycles. The molecular formula is C18H20BrN3O. The zero-order valence-corrected chi connectivity index (χ0v) is 14.7. The molecule has 0 aromatic heterocycles. The Kier molecular flexibility index (Phi) is 4.86. The normalized spacial score (nSPS) is 15.4. The molecule has 1 fully saturated rings. The third kappa shape index (κ3) is 4.05. The summed E-state index contributed by atoms with van der Waals surface area (Å²) in [5.74, 6) is 0.246. The predicted molar refractivity (Wildman–Crippen MR) is 98.4 cm³/mol. The summed E-state index contributed by atoms with van der Waals surface area (Å²) < 4.78 is 0.931. The Bertz CT molecular complexity index is 692. The topological polar surface area (TPSA) is 39.1 Å². The molecule has 0 saturated carbocycles. The minimum Gasteiger partial charge on any atom is -0.507 e. The number of phenolic OH excluding ortho intramolecular Hbond substituents is 1. The lowest BCUT2D eigenvalue weighted by Crippen LogP contribution is -2.44. The molecule has 0 aliphatic carbocycles. The fraction of sp³-hybridized carbons (Fsp3) is 0.278. The molecule has 4 nitrogen and oxygen atoms in total. The quantitative estimate of drug-likeness (QED) is 0.835. The number of piperazine rings is 1. The van der Waals surface area contributed by atoms with Gasteiger partial charge in [-0.15, -0.1) is 0 Å². The summed E-state index contributed by atoms with van der Waals surface area (Å²) in [4.78, 5) is 2.38. The van der Waals surface area contributed by atoms with E-state index in [1.54, 1.807) is 12.3 Å². The van der Waals surface area contributed by atoms with E-state index >= 15 is 0 Å². The molecule has 0 amide bonds. The van der Waals surface area contributed by atoms with E-state index in [1.165, 1.54) is 11.3 Å². The van der Waals surface area contributed by atoms with Crippen molar-refractivity contribution < 1.29 is 5.11 Å². The number of benzene rings is 2. The van der Waals surface area contributed by atoms with Crippen LogP contribution >= 0.6 is 15.9 Å². The van der Waals surface area contributed by atoms with Crippen molar-refractivity contribution in [2.75, 3.05) is 31.1 Å². The second kappa shape index (κ2) is 7.04. The van der Waals surface area contributed by atoms with Gasteiger partial charge in [0.05, 0.1) is 19.3 Å². The lowest BCUT2D eigenvalue weighted by molar-refractivity contribution is 0.272. The minimum atomic E-state index is 0.246. The van der Waals surface area contributed by atoms with Crippen molar-refractivity contribution in [1.29, 1.82) is 0 Å². The highest BCUT2D eigenvalue weighted by molar-refractivity contribution is 9.10. The molecule has 0 bridgehead atoms. The van der Waals surface area contributed by atoms with Crippen molar-refractivity contribution in [2.24, 2.45) is 5.10 Å². The van der Waals surface area contributed by atoms with Gasteiger partial charge in [0.2, 0.25) is 0 Å². The Balaban J connectivity index is 1.59. The van der Waals surface area contributed by atoms with Crippen LogP contribution in [0.25, 0.3) is 0 Å². The fourth-order valence-electron chi connectivity index (χ4n) is 2.60. The molecule has 5 heteroatoms. The first kappa shape index (κ1) is 15.9. The summed E-state index contributed by atoms with van der Waals surface area (Å²) in [5.41, 5.74) is 3.27. The lowest BCUT2D eigenvalue weighted by Gasteiger charge is -2.34. The van der Waals surface area contributed by atoms with Crippen molar-refractivity contribution in [1.82, 2.24) is 5.01 Å². The van der Waals surface area contributed by atoms with E-state index in [0.29, 0.717) is 0 Å². The number of hydrazone groups is 1. The molecule has 0 spiro atoms. The summed E-state index contributed by atoms with van der Waals surface area (Å²) in [6, 6.07) is 14.0. The van der Waals surface area contributed by atoms with Gasteiger partial charge in [0, 0.05) is 28.8 Å². The van der Waals surface area contributed by atoms with Crippen LogP contribution in [0.3, 0.4) is 0 Å². The number of aromatic hydroxyl groups is 1. The van der Waals surface area contributed by atoms with E-state index in [-0.39, 0.29) is 5.75 Å². The van der Waals surface area contributed by atoms with Crippen LogP contribution in [0.15, 0.2) is 52.0 Å². The van der Waals surface area contributed by atoms with Crippen LogP contribution < -0.4 is 4.90 Å². The van der Waals surface area contributed by atoms with E-state index in [0.717, 1.165) is 36.2 Å². The van der Waals surface area contributed by atoms with Gasteiger partial charge < -0.3 is 10.0 Å². The first-order valence-corrected chi connectivity index (χ1v) is 8.50. The van der Waals surface area contributed by atoms with Crippen LogP contribution in [0.4, 0.5) is 5.69 Å². The van der Waals surface area contributed by atoms with Crippen molar-refractivity contribution in [3.63, 3.8) is 0 Å². The van der Waals surface area contributed by atoms with E-state index in [2.05, 4.69) is 57.1 Å². The molecular weight excluding hydrogens is 354 g/mol. The van der Waals surface area contributed by atoms with Crippen LogP contribution in [0.5, 0.6) is 5.75 Å². The van der Waals surface area contributed by atoms with Gasteiger partial charge in [0.25, 0.3) is 0 Å². The van der Waals surface area contributed by atoms with Crippen molar-refractivity contribution >= 4 is 27.8 Å². The average molecular weight is 374 g/mol. The maximum absolute atomic E-state index is 9.84. The van der Waals surface area contributed by atoms with Gasteiger partial charge in [0.1, 0.15) is 5.75 Å². The highest BCUT2D eigenvalue weighted by Gasteiger charge is 2.15. The van der Waals surface area contributed by atoms with Crippen molar-refractivity contribution in [2.45, 2.75) is 6.92 Å². The number of anilines is 1. The molecule has 1 aliphatic heterocycles. The number of phenols is 1. The standard InChI is InChI=1S/C18H20BrN3O/c1-14-2-5-17(6-3-14)21-8-10-22(11-9-21)20-13-15-12-16(19)4-7-18(15)23/h2-7,12-13,23H,8-11H2,1H3. The Hall–Kier alpha value is -2.01. The predicted octanol–water partition coefficient (Wildman–Crippen LogP) is 3.62. The molecule has 0 radical (unpaired) electrons. The van der Waals surface area contributed by atoms with Crippen molar-refractivity contribution in [3.05, 3.63) is 58.1 Å². The maximum atomic E-state index is 9.84. The Labute approximate surface area is 145 Å². The Morgan fingerprint density at radius 1 is 1.04 bits per heavy atom. The number of rotatable bonds is 3. The molecule has 0 atom stereocenters. The molecule has 1 aliphatic rings. The number of halogens is 1. The fourth-order valence-corrected chi connectivity index (χ4v) is 2.98. The number of aryl methyl sites for hydroxylation is 1. The summed E-state index contributed by atoms with van der Waals surface area (Å²) in [5, 5.41) is 16.4. The lowest BCUT2D eigenvalue weighted by atomic mass is 10.2. The highest BCUT2D eigenvalue weighted by Crippen LogP contribution is 2.21. The number of hydrogen-bond acceptors (Lipinski definition) is 4. The van der Waals surface area contributed by atoms with Gasteiger partial charge >= 0.3 is 0 Å². The maximum Gasteiger partial charge on any atom is 0.124 e. The van der Waals surface area contributed by atoms with E-state index in [4.69, 9.17) is 0 Å². The molecule has 3 rings (SSSR count). The second-order valence-electron chi connectivity index (χ2n) is 5.72. The first-order chi connectivity index (χ1) is 11.1. The largest absolute Gasteiger partial charge is 0.507 e. The SMILES string of the molecule is Cc1ccc(N2CCN(N=Cc3cc(Br)ccc3O)CC2)cc1. The molecule has 1 N–H and O–H groups in total. The monoisotopic (exact) mass is 373 g/mol. The van der Waals surface area contributed by atoms with Crippen LogP contribution in [0.2, 0.25) is 0 Å². The first-order valence-electron chi connectivity index (χ1n) is 7.71. The van der Waals surface area contributed by atoms with Gasteiger partial charge in [-0.3, -0.25) is 5.01 Å². The molecule has 2 aromatic rings. The third-order valence-corrected chi connectivity index (χ3v) is 4.50. The molecule has 0 unspecified atom stereocenters. The van der Waals surface area contributed by atoms with Crippen LogP contribution in [-0.4, -0.2) is 42.5 Å². The van der Waals surface area contributed by atoms with E-state index in [9.17, 15) is 5.11 Å². The highest BCUT2D eigenvalue weighted by atomic mass is 79.9. The van der Waals surface area contributed by atoms with Crippen LogP contribution in [0.1, 0.15) is 11.1 Å². The van der Waals surface area contributed by atoms with Gasteiger partial charge in [-0.2, -0.15) is 5.10 Å². The summed E-state index contributed by atoms with van der Waals surface area (Å²) in [7, 11) is 0. The average Bonchev–Trinajstić information content (AvgIpc) is 2.57. The molecule has 23 heavy (non-hydrogen) atoms. The second-order valence-corrected chi connectivity index (χ2v) is 6.64. The summed E-state index contributed by atoms with van der Waals surface area (Å²) in [6.45, 7) is 5.75. The zero-order chi connectivity index (χ0) is 16.2. The minimum absolute atomic E-state index is 0.246. The van der Waals surface area contributed by atoms with Gasteiger partial charge in [-0.1, -0.05) is 33.6 Å². The van der Waals surface area contributed by atoms with Gasteiger partial charge in [-0.05, 0) is 37.3 Å². The van der Waals surface area contributed by atoms with Gasteiger partial charge in [-0.25, -0.2) is 0 Å². The smallest absolute Gasteiger partial charge is 0.124 e. The Morgan fingerprint density at radius 3 is 2.43 bits per heavy atom. The summed E-state index contributed by atoms with van der Waals surface area (Å²) >= 11 is 3.41. The van der Waals surface area contributed by atoms with E-state index < -0.39 is 0 Å². The van der Waals surface area contributed by atoms with Crippen molar-refractivity contribution in [3.8, 4) is 5.75 Å². The number of nitrogens with zero attached hydrogens (tertiary/aromatic N) is 3.